The minimum atomic E-state index is 0.919. The molecular formula is C25H38N6. The standard InChI is InChI=1S/C25H38N6/c1-6-29(7-2)16-18-31(19-17-30(8-3)9-4)22-13-10-12-21(20-22)24-27-23-14-11-15-26-25(23)28(24)5/h10-15,20H,6-9,16-19H2,1-5H3. The highest BCUT2D eigenvalue weighted by atomic mass is 15.2. The number of aromatic nitrogens is 3. The fourth-order valence-corrected chi connectivity index (χ4v) is 4.10. The molecular weight excluding hydrogens is 384 g/mol. The van der Waals surface area contributed by atoms with E-state index < -0.39 is 0 Å². The normalized spacial score (nSPS) is 11.7. The highest BCUT2D eigenvalue weighted by Crippen LogP contribution is 2.26. The van der Waals surface area contributed by atoms with Crippen molar-refractivity contribution in [2.24, 2.45) is 7.05 Å². The van der Waals surface area contributed by atoms with Crippen LogP contribution in [0, 0.1) is 0 Å². The van der Waals surface area contributed by atoms with Gasteiger partial charge in [-0.05, 0) is 50.4 Å². The number of nitrogens with zero attached hydrogens (tertiary/aromatic N) is 6. The van der Waals surface area contributed by atoms with E-state index in [0.29, 0.717) is 0 Å². The third kappa shape index (κ3) is 5.63. The molecule has 0 N–H and O–H groups in total. The first-order valence-electron chi connectivity index (χ1n) is 11.7. The number of hydrogen-bond donors (Lipinski definition) is 0. The fourth-order valence-electron chi connectivity index (χ4n) is 4.10. The number of pyridine rings is 1. The number of benzene rings is 1. The van der Waals surface area contributed by atoms with Crippen LogP contribution < -0.4 is 4.90 Å². The smallest absolute Gasteiger partial charge is 0.159 e. The maximum atomic E-state index is 4.85. The van der Waals surface area contributed by atoms with E-state index >= 15 is 0 Å². The van der Waals surface area contributed by atoms with Crippen LogP contribution in [-0.4, -0.2) is 76.7 Å². The number of rotatable bonds is 12. The van der Waals surface area contributed by atoms with Crippen LogP contribution in [0.1, 0.15) is 27.7 Å². The molecule has 0 radical (unpaired) electrons. The van der Waals surface area contributed by atoms with Gasteiger partial charge in [0.1, 0.15) is 11.3 Å². The molecule has 0 saturated heterocycles. The molecule has 1 aromatic carbocycles. The molecule has 0 saturated carbocycles. The molecule has 31 heavy (non-hydrogen) atoms. The molecule has 6 heteroatoms. The summed E-state index contributed by atoms with van der Waals surface area (Å²) < 4.78 is 2.09. The summed E-state index contributed by atoms with van der Waals surface area (Å²) in [6.45, 7) is 17.5. The zero-order chi connectivity index (χ0) is 22.2. The van der Waals surface area contributed by atoms with E-state index in [4.69, 9.17) is 4.98 Å². The van der Waals surface area contributed by atoms with E-state index in [0.717, 1.165) is 74.9 Å². The molecule has 6 nitrogen and oxygen atoms in total. The van der Waals surface area contributed by atoms with Gasteiger partial charge in [0.05, 0.1) is 0 Å². The first-order chi connectivity index (χ1) is 15.1. The second-order valence-electron chi connectivity index (χ2n) is 7.93. The van der Waals surface area contributed by atoms with E-state index in [9.17, 15) is 0 Å². The summed E-state index contributed by atoms with van der Waals surface area (Å²) in [4.78, 5) is 16.9. The largest absolute Gasteiger partial charge is 0.369 e. The Morgan fingerprint density at radius 1 is 0.806 bits per heavy atom. The summed E-state index contributed by atoms with van der Waals surface area (Å²) in [5, 5.41) is 0. The Kier molecular flexibility index (Phi) is 8.43. The van der Waals surface area contributed by atoms with Crippen molar-refractivity contribution in [1.29, 1.82) is 0 Å². The van der Waals surface area contributed by atoms with Crippen LogP contribution in [0.5, 0.6) is 0 Å². The predicted octanol–water partition coefficient (Wildman–Crippen LogP) is 4.13. The van der Waals surface area contributed by atoms with Crippen LogP contribution in [0.25, 0.3) is 22.6 Å². The quantitative estimate of drug-likeness (QED) is 0.439. The molecule has 3 rings (SSSR count). The Hall–Kier alpha value is -2.44. The highest BCUT2D eigenvalue weighted by molar-refractivity contribution is 5.77. The van der Waals surface area contributed by atoms with Gasteiger partial charge in [-0.2, -0.15) is 0 Å². The molecule has 0 aliphatic heterocycles. The Morgan fingerprint density at radius 3 is 2.03 bits per heavy atom. The van der Waals surface area contributed by atoms with Crippen molar-refractivity contribution in [1.82, 2.24) is 24.3 Å². The van der Waals surface area contributed by atoms with E-state index in [2.05, 4.69) is 76.2 Å². The SMILES string of the molecule is CCN(CC)CCN(CCN(CC)CC)c1cccc(-c2nc3cccnc3n2C)c1. The van der Waals surface area contributed by atoms with Gasteiger partial charge in [0.25, 0.3) is 0 Å². The predicted molar refractivity (Wildman–Crippen MR) is 132 cm³/mol. The van der Waals surface area contributed by atoms with Gasteiger partial charge in [-0.1, -0.05) is 39.8 Å². The molecule has 0 aliphatic rings. The molecule has 3 aromatic rings. The number of hydrogen-bond acceptors (Lipinski definition) is 5. The molecule has 168 valence electrons. The minimum Gasteiger partial charge on any atom is -0.369 e. The Bertz CT molecular complexity index is 926. The van der Waals surface area contributed by atoms with E-state index in [1.165, 1.54) is 5.69 Å². The number of aryl methyl sites for hydroxylation is 1. The van der Waals surface area contributed by atoms with Crippen LogP contribution in [0.2, 0.25) is 0 Å². The minimum absolute atomic E-state index is 0.919. The zero-order valence-corrected chi connectivity index (χ0v) is 19.9. The van der Waals surface area contributed by atoms with Crippen molar-refractivity contribution in [3.63, 3.8) is 0 Å². The number of likely N-dealkylation sites (N-methyl/N-ethyl adjacent to an activating group) is 2. The maximum Gasteiger partial charge on any atom is 0.159 e. The Balaban J connectivity index is 1.88. The molecule has 0 amide bonds. The average Bonchev–Trinajstić information content (AvgIpc) is 3.15. The molecule has 0 unspecified atom stereocenters. The Labute approximate surface area is 187 Å². The third-order valence-electron chi connectivity index (χ3n) is 6.26. The summed E-state index contributed by atoms with van der Waals surface area (Å²) in [6.07, 6.45) is 1.83. The Morgan fingerprint density at radius 2 is 1.45 bits per heavy atom. The van der Waals surface area contributed by atoms with Gasteiger partial charge < -0.3 is 19.3 Å². The van der Waals surface area contributed by atoms with Crippen LogP contribution in [0.15, 0.2) is 42.6 Å². The van der Waals surface area contributed by atoms with Gasteiger partial charge >= 0.3 is 0 Å². The van der Waals surface area contributed by atoms with Gasteiger partial charge in [-0.3, -0.25) is 0 Å². The zero-order valence-electron chi connectivity index (χ0n) is 19.9. The van der Waals surface area contributed by atoms with Gasteiger partial charge in [-0.15, -0.1) is 0 Å². The van der Waals surface area contributed by atoms with Crippen molar-refractivity contribution >= 4 is 16.9 Å². The van der Waals surface area contributed by atoms with Crippen molar-refractivity contribution in [3.8, 4) is 11.4 Å². The van der Waals surface area contributed by atoms with Crippen molar-refractivity contribution in [2.45, 2.75) is 27.7 Å². The molecule has 0 aliphatic carbocycles. The lowest BCUT2D eigenvalue weighted by Gasteiger charge is -2.30. The lowest BCUT2D eigenvalue weighted by molar-refractivity contribution is 0.294. The summed E-state index contributed by atoms with van der Waals surface area (Å²) >= 11 is 0. The van der Waals surface area contributed by atoms with Gasteiger partial charge in [0.2, 0.25) is 0 Å². The topological polar surface area (TPSA) is 40.4 Å². The lowest BCUT2D eigenvalue weighted by Crippen LogP contribution is -2.40. The van der Waals surface area contributed by atoms with Crippen molar-refractivity contribution in [3.05, 3.63) is 42.6 Å². The molecule has 0 spiro atoms. The van der Waals surface area contributed by atoms with Gasteiger partial charge in [-0.25, -0.2) is 9.97 Å². The molecule has 0 bridgehead atoms. The highest BCUT2D eigenvalue weighted by Gasteiger charge is 2.14. The second kappa shape index (κ2) is 11.3. The second-order valence-corrected chi connectivity index (χ2v) is 7.93. The van der Waals surface area contributed by atoms with Gasteiger partial charge in [0.15, 0.2) is 5.65 Å². The van der Waals surface area contributed by atoms with E-state index in [1.807, 2.05) is 25.4 Å². The summed E-state index contributed by atoms with van der Waals surface area (Å²) in [5.41, 5.74) is 4.25. The summed E-state index contributed by atoms with van der Waals surface area (Å²) in [6, 6.07) is 12.8. The van der Waals surface area contributed by atoms with Gasteiger partial charge in [0, 0.05) is 50.7 Å². The first-order valence-corrected chi connectivity index (χ1v) is 11.7. The van der Waals surface area contributed by atoms with Crippen molar-refractivity contribution in [2.75, 3.05) is 57.3 Å². The summed E-state index contributed by atoms with van der Waals surface area (Å²) in [7, 11) is 2.04. The fraction of sp³-hybridized carbons (Fsp3) is 0.520. The van der Waals surface area contributed by atoms with E-state index in [1.54, 1.807) is 0 Å². The molecule has 2 aromatic heterocycles. The monoisotopic (exact) mass is 422 g/mol. The number of anilines is 1. The van der Waals surface area contributed by atoms with Crippen LogP contribution in [-0.2, 0) is 7.05 Å². The maximum absolute atomic E-state index is 4.85. The lowest BCUT2D eigenvalue weighted by atomic mass is 10.1. The molecule has 0 atom stereocenters. The van der Waals surface area contributed by atoms with Crippen LogP contribution in [0.4, 0.5) is 5.69 Å². The van der Waals surface area contributed by atoms with E-state index in [-0.39, 0.29) is 0 Å². The van der Waals surface area contributed by atoms with Crippen LogP contribution in [0.3, 0.4) is 0 Å². The first kappa shape index (κ1) is 23.2. The summed E-state index contributed by atoms with van der Waals surface area (Å²) in [5.74, 6) is 0.961. The molecule has 2 heterocycles. The third-order valence-corrected chi connectivity index (χ3v) is 6.26. The average molecular weight is 423 g/mol. The van der Waals surface area contributed by atoms with Crippen LogP contribution >= 0.6 is 0 Å². The number of fused-ring (bicyclic) bond motifs is 1. The van der Waals surface area contributed by atoms with Crippen molar-refractivity contribution < 1.29 is 0 Å². The number of imidazole rings is 1. The molecule has 0 fully saturated rings.